The van der Waals surface area contributed by atoms with E-state index in [-0.39, 0.29) is 12.4 Å². The van der Waals surface area contributed by atoms with Crippen LogP contribution in [0.3, 0.4) is 0 Å². The Morgan fingerprint density at radius 2 is 2.24 bits per heavy atom. The molecule has 0 aromatic heterocycles. The lowest BCUT2D eigenvalue weighted by atomic mass is 10.1. The molecule has 0 bridgehead atoms. The molecule has 0 aliphatic rings. The lowest BCUT2D eigenvalue weighted by Crippen LogP contribution is -2.25. The minimum atomic E-state index is -0.341. The molecule has 1 rings (SSSR count). The Morgan fingerprint density at radius 3 is 2.76 bits per heavy atom. The van der Waals surface area contributed by atoms with Crippen LogP contribution >= 0.6 is 0 Å². The third kappa shape index (κ3) is 4.14. The molecule has 1 aromatic rings. The lowest BCUT2D eigenvalue weighted by molar-refractivity contribution is 0.224. The molecule has 0 unspecified atom stereocenters. The van der Waals surface area contributed by atoms with Crippen molar-refractivity contribution < 1.29 is 9.50 Å². The van der Waals surface area contributed by atoms with Crippen LogP contribution in [0.5, 0.6) is 0 Å². The largest absolute Gasteiger partial charge is 0.396 e. The summed E-state index contributed by atoms with van der Waals surface area (Å²) in [4.78, 5) is 2.06. The Kier molecular flexibility index (Phi) is 5.61. The molecule has 0 atom stereocenters. The van der Waals surface area contributed by atoms with Gasteiger partial charge in [0.2, 0.25) is 0 Å². The van der Waals surface area contributed by atoms with Gasteiger partial charge < -0.3 is 5.11 Å². The summed E-state index contributed by atoms with van der Waals surface area (Å²) in [6.45, 7) is 4.20. The van der Waals surface area contributed by atoms with Crippen molar-refractivity contribution in [2.45, 2.75) is 19.9 Å². The highest BCUT2D eigenvalue weighted by atomic mass is 19.1. The number of rotatable bonds is 6. The van der Waals surface area contributed by atoms with E-state index in [4.69, 9.17) is 10.4 Å². The van der Waals surface area contributed by atoms with Crippen molar-refractivity contribution in [3.05, 3.63) is 35.1 Å². The van der Waals surface area contributed by atoms with Crippen LogP contribution in [0, 0.1) is 17.1 Å². The zero-order chi connectivity index (χ0) is 12.7. The first kappa shape index (κ1) is 13.6. The van der Waals surface area contributed by atoms with Crippen molar-refractivity contribution in [2.75, 3.05) is 19.7 Å². The summed E-state index contributed by atoms with van der Waals surface area (Å²) in [6.07, 6.45) is 0.686. The third-order valence-corrected chi connectivity index (χ3v) is 2.66. The Balaban J connectivity index is 2.69. The Labute approximate surface area is 101 Å². The van der Waals surface area contributed by atoms with E-state index in [2.05, 4.69) is 4.90 Å². The number of hydrogen-bond donors (Lipinski definition) is 1. The van der Waals surface area contributed by atoms with Crippen LogP contribution in [0.2, 0.25) is 0 Å². The molecule has 0 fully saturated rings. The molecular formula is C13H17FN2O. The second kappa shape index (κ2) is 7.00. The zero-order valence-corrected chi connectivity index (χ0v) is 9.99. The first-order valence-corrected chi connectivity index (χ1v) is 5.73. The van der Waals surface area contributed by atoms with E-state index < -0.39 is 0 Å². The van der Waals surface area contributed by atoms with Crippen LogP contribution in [0.4, 0.5) is 4.39 Å². The van der Waals surface area contributed by atoms with Crippen LogP contribution in [-0.2, 0) is 6.54 Å². The number of halogens is 1. The number of hydrogen-bond acceptors (Lipinski definition) is 3. The summed E-state index contributed by atoms with van der Waals surface area (Å²) in [5.41, 5.74) is 0.924. The maximum atomic E-state index is 13.6. The predicted molar refractivity (Wildman–Crippen MR) is 63.8 cm³/mol. The number of nitrogens with zero attached hydrogens (tertiary/aromatic N) is 2. The molecule has 0 radical (unpaired) electrons. The quantitative estimate of drug-likeness (QED) is 0.820. The van der Waals surface area contributed by atoms with E-state index in [1.165, 1.54) is 6.07 Å². The monoisotopic (exact) mass is 236 g/mol. The summed E-state index contributed by atoms with van der Waals surface area (Å²) in [6, 6.07) is 6.44. The summed E-state index contributed by atoms with van der Waals surface area (Å²) >= 11 is 0. The van der Waals surface area contributed by atoms with Gasteiger partial charge in [-0.15, -0.1) is 0 Å². The highest BCUT2D eigenvalue weighted by Crippen LogP contribution is 2.12. The van der Waals surface area contributed by atoms with Crippen LogP contribution in [-0.4, -0.2) is 29.7 Å². The molecule has 0 heterocycles. The fourth-order valence-corrected chi connectivity index (χ4v) is 1.63. The fraction of sp³-hybridized carbons (Fsp3) is 0.462. The van der Waals surface area contributed by atoms with Gasteiger partial charge in [-0.2, -0.15) is 5.26 Å². The lowest BCUT2D eigenvalue weighted by Gasteiger charge is -2.20. The molecule has 0 saturated heterocycles. The Morgan fingerprint density at radius 1 is 1.47 bits per heavy atom. The van der Waals surface area contributed by atoms with Crippen molar-refractivity contribution in [3.8, 4) is 6.07 Å². The molecule has 17 heavy (non-hydrogen) atoms. The zero-order valence-electron chi connectivity index (χ0n) is 9.99. The second-order valence-corrected chi connectivity index (χ2v) is 3.86. The van der Waals surface area contributed by atoms with Crippen LogP contribution in [0.15, 0.2) is 18.2 Å². The molecule has 1 N–H and O–H groups in total. The van der Waals surface area contributed by atoms with E-state index in [0.717, 1.165) is 13.1 Å². The third-order valence-electron chi connectivity index (χ3n) is 2.66. The molecule has 92 valence electrons. The van der Waals surface area contributed by atoms with E-state index in [9.17, 15) is 4.39 Å². The minimum Gasteiger partial charge on any atom is -0.396 e. The van der Waals surface area contributed by atoms with Crippen molar-refractivity contribution >= 4 is 0 Å². The Hall–Kier alpha value is -1.44. The van der Waals surface area contributed by atoms with E-state index in [1.54, 1.807) is 12.1 Å². The van der Waals surface area contributed by atoms with Gasteiger partial charge in [0.25, 0.3) is 0 Å². The number of nitriles is 1. The minimum absolute atomic E-state index is 0.145. The average molecular weight is 236 g/mol. The van der Waals surface area contributed by atoms with Crippen molar-refractivity contribution in [1.82, 2.24) is 4.90 Å². The summed E-state index contributed by atoms with van der Waals surface area (Å²) < 4.78 is 13.6. The van der Waals surface area contributed by atoms with E-state index >= 15 is 0 Å². The number of aliphatic hydroxyl groups is 1. The van der Waals surface area contributed by atoms with Gasteiger partial charge in [0.1, 0.15) is 5.82 Å². The number of aliphatic hydroxyl groups excluding tert-OH is 1. The highest BCUT2D eigenvalue weighted by molar-refractivity contribution is 5.32. The number of benzene rings is 1. The molecule has 1 aromatic carbocycles. The van der Waals surface area contributed by atoms with Gasteiger partial charge in [0.05, 0.1) is 11.6 Å². The first-order chi connectivity index (χ1) is 8.21. The van der Waals surface area contributed by atoms with Crippen molar-refractivity contribution in [2.24, 2.45) is 0 Å². The predicted octanol–water partition coefficient (Wildman–Crippen LogP) is 1.90. The van der Waals surface area contributed by atoms with Gasteiger partial charge in [-0.25, -0.2) is 4.39 Å². The van der Waals surface area contributed by atoms with Crippen LogP contribution in [0.25, 0.3) is 0 Å². The van der Waals surface area contributed by atoms with Crippen LogP contribution < -0.4 is 0 Å². The summed E-state index contributed by atoms with van der Waals surface area (Å²) in [5.74, 6) is -0.341. The van der Waals surface area contributed by atoms with Gasteiger partial charge >= 0.3 is 0 Å². The first-order valence-electron chi connectivity index (χ1n) is 5.73. The van der Waals surface area contributed by atoms with Gasteiger partial charge in [-0.3, -0.25) is 4.90 Å². The average Bonchev–Trinajstić information content (AvgIpc) is 2.36. The SMILES string of the molecule is CCN(CCCO)Cc1ccc(C#N)cc1F. The summed E-state index contributed by atoms with van der Waals surface area (Å²) in [7, 11) is 0. The van der Waals surface area contributed by atoms with Gasteiger partial charge in [-0.1, -0.05) is 13.0 Å². The normalized spacial score (nSPS) is 10.5. The van der Waals surface area contributed by atoms with Crippen LogP contribution in [0.1, 0.15) is 24.5 Å². The van der Waals surface area contributed by atoms with E-state index in [1.807, 2.05) is 13.0 Å². The summed E-state index contributed by atoms with van der Waals surface area (Å²) in [5, 5.41) is 17.4. The molecule has 0 aliphatic heterocycles. The molecule has 0 saturated carbocycles. The molecule has 0 aliphatic carbocycles. The maximum Gasteiger partial charge on any atom is 0.129 e. The standard InChI is InChI=1S/C13H17FN2O/c1-2-16(6-3-7-17)10-12-5-4-11(9-15)8-13(12)14/h4-5,8,17H,2-3,6-7,10H2,1H3. The fourth-order valence-electron chi connectivity index (χ4n) is 1.63. The molecule has 4 heteroatoms. The van der Waals surface area contributed by atoms with Gasteiger partial charge in [0.15, 0.2) is 0 Å². The molecule has 0 amide bonds. The molecule has 3 nitrogen and oxygen atoms in total. The van der Waals surface area contributed by atoms with Gasteiger partial charge in [0, 0.05) is 25.3 Å². The molecular weight excluding hydrogens is 219 g/mol. The second-order valence-electron chi connectivity index (χ2n) is 3.86. The van der Waals surface area contributed by atoms with Crippen molar-refractivity contribution in [1.29, 1.82) is 5.26 Å². The van der Waals surface area contributed by atoms with Crippen molar-refractivity contribution in [3.63, 3.8) is 0 Å². The van der Waals surface area contributed by atoms with E-state index in [0.29, 0.717) is 24.1 Å². The molecule has 0 spiro atoms. The highest BCUT2D eigenvalue weighted by Gasteiger charge is 2.08. The Bertz CT molecular complexity index is 401. The smallest absolute Gasteiger partial charge is 0.129 e. The van der Waals surface area contributed by atoms with Gasteiger partial charge in [-0.05, 0) is 25.1 Å². The topological polar surface area (TPSA) is 47.3 Å². The maximum absolute atomic E-state index is 13.6.